The van der Waals surface area contributed by atoms with E-state index in [1.54, 1.807) is 17.1 Å². The topological polar surface area (TPSA) is 56.7 Å². The number of benzene rings is 1. The number of nitrogens with zero attached hydrogens (tertiary/aromatic N) is 3. The molecule has 2 N–H and O–H groups in total. The molecular formula is C9H9FN4. The average Bonchev–Trinajstić information content (AvgIpc) is 2.54. The summed E-state index contributed by atoms with van der Waals surface area (Å²) in [5.41, 5.74) is 6.69. The van der Waals surface area contributed by atoms with Gasteiger partial charge in [0.25, 0.3) is 0 Å². The van der Waals surface area contributed by atoms with Gasteiger partial charge in [-0.3, -0.25) is 0 Å². The summed E-state index contributed by atoms with van der Waals surface area (Å²) in [5, 5.41) is 3.91. The van der Waals surface area contributed by atoms with Crippen LogP contribution >= 0.6 is 0 Å². The average molecular weight is 192 g/mol. The maximum atomic E-state index is 12.9. The molecule has 1 heterocycles. The molecule has 0 aliphatic rings. The van der Waals surface area contributed by atoms with Gasteiger partial charge in [0.2, 0.25) is 0 Å². The van der Waals surface area contributed by atoms with Crippen molar-refractivity contribution in [3.8, 4) is 0 Å². The van der Waals surface area contributed by atoms with Crippen LogP contribution in [0.4, 0.5) is 10.1 Å². The van der Waals surface area contributed by atoms with Crippen LogP contribution in [0.1, 0.15) is 5.56 Å². The lowest BCUT2D eigenvalue weighted by molar-refractivity contribution is 0.620. The molecule has 0 aliphatic carbocycles. The minimum Gasteiger partial charge on any atom is -0.399 e. The van der Waals surface area contributed by atoms with Crippen LogP contribution in [0.2, 0.25) is 0 Å². The van der Waals surface area contributed by atoms with Crippen LogP contribution in [0, 0.1) is 5.82 Å². The number of aromatic nitrogens is 3. The molecule has 14 heavy (non-hydrogen) atoms. The zero-order chi connectivity index (χ0) is 9.97. The highest BCUT2D eigenvalue weighted by molar-refractivity contribution is 5.41. The molecule has 0 radical (unpaired) electrons. The van der Waals surface area contributed by atoms with Gasteiger partial charge in [-0.05, 0) is 23.8 Å². The Kier molecular flexibility index (Phi) is 2.14. The largest absolute Gasteiger partial charge is 0.399 e. The van der Waals surface area contributed by atoms with Crippen molar-refractivity contribution < 1.29 is 4.39 Å². The van der Waals surface area contributed by atoms with Gasteiger partial charge < -0.3 is 5.73 Å². The second-order valence-electron chi connectivity index (χ2n) is 2.99. The van der Waals surface area contributed by atoms with Gasteiger partial charge in [-0.2, -0.15) is 5.10 Å². The van der Waals surface area contributed by atoms with Crippen LogP contribution in [0.3, 0.4) is 0 Å². The molecule has 72 valence electrons. The van der Waals surface area contributed by atoms with E-state index >= 15 is 0 Å². The highest BCUT2D eigenvalue weighted by Crippen LogP contribution is 2.11. The van der Waals surface area contributed by atoms with E-state index in [1.165, 1.54) is 18.5 Å². The lowest BCUT2D eigenvalue weighted by Gasteiger charge is -2.02. The molecule has 0 unspecified atom stereocenters. The number of anilines is 1. The van der Waals surface area contributed by atoms with E-state index in [9.17, 15) is 4.39 Å². The van der Waals surface area contributed by atoms with Gasteiger partial charge >= 0.3 is 0 Å². The van der Waals surface area contributed by atoms with Crippen molar-refractivity contribution in [1.82, 2.24) is 14.8 Å². The number of halogens is 1. The Morgan fingerprint density at radius 2 is 2.21 bits per heavy atom. The number of nitrogen functional groups attached to an aromatic ring is 1. The Bertz CT molecular complexity index is 404. The van der Waals surface area contributed by atoms with E-state index in [1.807, 2.05) is 0 Å². The number of rotatable bonds is 2. The van der Waals surface area contributed by atoms with E-state index in [-0.39, 0.29) is 5.82 Å². The van der Waals surface area contributed by atoms with Crippen molar-refractivity contribution >= 4 is 5.69 Å². The number of hydrogen-bond donors (Lipinski definition) is 1. The normalized spacial score (nSPS) is 10.4. The maximum Gasteiger partial charge on any atom is 0.137 e. The summed E-state index contributed by atoms with van der Waals surface area (Å²) in [6.07, 6.45) is 3.00. The van der Waals surface area contributed by atoms with Crippen LogP contribution in [-0.2, 0) is 6.54 Å². The maximum absolute atomic E-state index is 12.9. The van der Waals surface area contributed by atoms with Gasteiger partial charge in [-0.1, -0.05) is 0 Å². The smallest absolute Gasteiger partial charge is 0.137 e. The molecule has 2 aromatic rings. The summed E-state index contributed by atoms with van der Waals surface area (Å²) in [4.78, 5) is 3.79. The Morgan fingerprint density at radius 1 is 1.36 bits per heavy atom. The van der Waals surface area contributed by atoms with Crippen molar-refractivity contribution in [2.75, 3.05) is 5.73 Å². The molecule has 1 aromatic heterocycles. The van der Waals surface area contributed by atoms with Gasteiger partial charge in [0.1, 0.15) is 18.5 Å². The summed E-state index contributed by atoms with van der Waals surface area (Å²) in [6, 6.07) is 4.42. The quantitative estimate of drug-likeness (QED) is 0.723. The molecule has 5 heteroatoms. The second-order valence-corrected chi connectivity index (χ2v) is 2.99. The van der Waals surface area contributed by atoms with Crippen LogP contribution in [0.15, 0.2) is 30.9 Å². The van der Waals surface area contributed by atoms with Crippen molar-refractivity contribution in [2.24, 2.45) is 0 Å². The molecular weight excluding hydrogens is 183 g/mol. The minimum absolute atomic E-state index is 0.333. The van der Waals surface area contributed by atoms with Gasteiger partial charge in [-0.25, -0.2) is 14.1 Å². The molecule has 0 bridgehead atoms. The molecule has 4 nitrogen and oxygen atoms in total. The lowest BCUT2D eigenvalue weighted by atomic mass is 10.2. The summed E-state index contributed by atoms with van der Waals surface area (Å²) >= 11 is 0. The van der Waals surface area contributed by atoms with Crippen LogP contribution < -0.4 is 5.73 Å². The van der Waals surface area contributed by atoms with E-state index in [4.69, 9.17) is 5.73 Å². The molecule has 0 saturated carbocycles. The predicted octanol–water partition coefficient (Wildman–Crippen LogP) is 1.05. The van der Waals surface area contributed by atoms with E-state index in [2.05, 4.69) is 10.1 Å². The lowest BCUT2D eigenvalue weighted by Crippen LogP contribution is -2.01. The predicted molar refractivity (Wildman–Crippen MR) is 49.9 cm³/mol. The number of nitrogens with two attached hydrogens (primary N) is 1. The zero-order valence-electron chi connectivity index (χ0n) is 7.39. The Labute approximate surface area is 80.2 Å². The third kappa shape index (κ3) is 1.87. The fourth-order valence-corrected chi connectivity index (χ4v) is 1.27. The molecule has 0 saturated heterocycles. The third-order valence-corrected chi connectivity index (χ3v) is 1.79. The molecule has 1 aromatic carbocycles. The fourth-order valence-electron chi connectivity index (χ4n) is 1.27. The second kappa shape index (κ2) is 3.45. The summed E-state index contributed by atoms with van der Waals surface area (Å²) in [6.45, 7) is 0.474. The monoisotopic (exact) mass is 192 g/mol. The molecule has 2 rings (SSSR count). The first kappa shape index (κ1) is 8.68. The third-order valence-electron chi connectivity index (χ3n) is 1.79. The zero-order valence-corrected chi connectivity index (χ0v) is 7.39. The van der Waals surface area contributed by atoms with E-state index < -0.39 is 0 Å². The van der Waals surface area contributed by atoms with E-state index in [0.29, 0.717) is 12.2 Å². The van der Waals surface area contributed by atoms with Crippen LogP contribution in [0.25, 0.3) is 0 Å². The first-order valence-corrected chi connectivity index (χ1v) is 4.11. The molecule has 0 atom stereocenters. The summed E-state index contributed by atoms with van der Waals surface area (Å²) < 4.78 is 14.5. The van der Waals surface area contributed by atoms with Crippen LogP contribution in [-0.4, -0.2) is 14.8 Å². The Balaban J connectivity index is 2.25. The van der Waals surface area contributed by atoms with Crippen molar-refractivity contribution in [3.05, 3.63) is 42.2 Å². The summed E-state index contributed by atoms with van der Waals surface area (Å²) in [5.74, 6) is -0.333. The molecule has 0 spiro atoms. The standard InChI is InChI=1S/C9H9FN4/c10-8-1-7(2-9(11)3-8)4-14-6-12-5-13-14/h1-3,5-6H,4,11H2. The highest BCUT2D eigenvalue weighted by Gasteiger charge is 1.99. The first-order chi connectivity index (χ1) is 6.74. The van der Waals surface area contributed by atoms with Crippen molar-refractivity contribution in [1.29, 1.82) is 0 Å². The Hall–Kier alpha value is -1.91. The van der Waals surface area contributed by atoms with Gasteiger partial charge in [0, 0.05) is 5.69 Å². The van der Waals surface area contributed by atoms with Crippen molar-refractivity contribution in [2.45, 2.75) is 6.54 Å². The van der Waals surface area contributed by atoms with E-state index in [0.717, 1.165) is 5.56 Å². The Morgan fingerprint density at radius 3 is 2.86 bits per heavy atom. The summed E-state index contributed by atoms with van der Waals surface area (Å²) in [7, 11) is 0. The molecule has 0 amide bonds. The molecule has 0 aliphatic heterocycles. The SMILES string of the molecule is Nc1cc(F)cc(Cn2cncn2)c1. The molecule has 0 fully saturated rings. The van der Waals surface area contributed by atoms with Crippen molar-refractivity contribution in [3.63, 3.8) is 0 Å². The number of hydrogen-bond acceptors (Lipinski definition) is 3. The van der Waals surface area contributed by atoms with Gasteiger partial charge in [0.15, 0.2) is 0 Å². The first-order valence-electron chi connectivity index (χ1n) is 4.11. The van der Waals surface area contributed by atoms with Crippen LogP contribution in [0.5, 0.6) is 0 Å². The van der Waals surface area contributed by atoms with Gasteiger partial charge in [0.05, 0.1) is 6.54 Å². The minimum atomic E-state index is -0.333. The highest BCUT2D eigenvalue weighted by atomic mass is 19.1. The fraction of sp³-hybridized carbons (Fsp3) is 0.111. The van der Waals surface area contributed by atoms with Gasteiger partial charge in [-0.15, -0.1) is 0 Å².